The Hall–Kier alpha value is -1.07. The number of nitrogens with zero attached hydrogens (tertiary/aromatic N) is 1. The molecule has 1 aliphatic rings. The number of carbonyl (C=O) groups excluding carboxylic acids is 1. The molecule has 0 saturated carbocycles. The van der Waals surface area contributed by atoms with E-state index in [0.29, 0.717) is 10.6 Å². The Balaban J connectivity index is 2.21. The van der Waals surface area contributed by atoms with Gasteiger partial charge in [-0.05, 0) is 37.6 Å². The number of methoxy groups -OCH3 is 1. The highest BCUT2D eigenvalue weighted by Crippen LogP contribution is 2.29. The lowest BCUT2D eigenvalue weighted by molar-refractivity contribution is 0.0586. The zero-order valence-electron chi connectivity index (χ0n) is 10.9. The maximum atomic E-state index is 12.6. The van der Waals surface area contributed by atoms with E-state index < -0.39 is 0 Å². The fourth-order valence-electron chi connectivity index (χ4n) is 2.50. The molecular weight excluding hydrogens is 248 g/mol. The van der Waals surface area contributed by atoms with Gasteiger partial charge in [0.2, 0.25) is 0 Å². The number of hydrogen-bond donors (Lipinski definition) is 1. The van der Waals surface area contributed by atoms with Crippen LogP contribution >= 0.6 is 11.3 Å². The molecule has 1 aromatic heterocycles. The quantitative estimate of drug-likeness (QED) is 0.913. The average molecular weight is 268 g/mol. The molecule has 4 nitrogen and oxygen atoms in total. The number of nitrogens with two attached hydrogens (primary N) is 1. The van der Waals surface area contributed by atoms with Crippen LogP contribution in [-0.4, -0.2) is 36.5 Å². The first-order valence-corrected chi connectivity index (χ1v) is 7.21. The van der Waals surface area contributed by atoms with Gasteiger partial charge < -0.3 is 15.4 Å². The molecule has 2 N–H and O–H groups in total. The Morgan fingerprint density at radius 1 is 1.61 bits per heavy atom. The minimum absolute atomic E-state index is 0.0141. The van der Waals surface area contributed by atoms with E-state index in [1.54, 1.807) is 7.11 Å². The highest BCUT2D eigenvalue weighted by Gasteiger charge is 2.31. The number of piperidine rings is 1. The van der Waals surface area contributed by atoms with Crippen molar-refractivity contribution in [1.29, 1.82) is 0 Å². The lowest BCUT2D eigenvalue weighted by atomic mass is 9.97. The first-order valence-electron chi connectivity index (χ1n) is 6.33. The molecule has 0 radical (unpaired) electrons. The van der Waals surface area contributed by atoms with Crippen LogP contribution in [0.2, 0.25) is 0 Å². The van der Waals surface area contributed by atoms with Gasteiger partial charge in [0.05, 0.1) is 7.11 Å². The van der Waals surface area contributed by atoms with E-state index in [9.17, 15) is 4.79 Å². The fourth-order valence-corrected chi connectivity index (χ4v) is 3.31. The molecule has 100 valence electrons. The summed E-state index contributed by atoms with van der Waals surface area (Å²) in [7, 11) is 1.60. The number of ether oxygens (including phenoxy) is 1. The van der Waals surface area contributed by atoms with Crippen molar-refractivity contribution in [3.8, 4) is 5.75 Å². The Bertz CT molecular complexity index is 417. The number of thiophene rings is 1. The van der Waals surface area contributed by atoms with Crippen LogP contribution in [0.1, 0.15) is 35.9 Å². The van der Waals surface area contributed by atoms with Gasteiger partial charge in [-0.1, -0.05) is 0 Å². The van der Waals surface area contributed by atoms with Crippen molar-refractivity contribution < 1.29 is 9.53 Å². The van der Waals surface area contributed by atoms with Crippen LogP contribution in [0.5, 0.6) is 5.75 Å². The summed E-state index contributed by atoms with van der Waals surface area (Å²) in [6.07, 6.45) is 3.21. The molecule has 1 fully saturated rings. The molecule has 2 heterocycles. The van der Waals surface area contributed by atoms with Gasteiger partial charge in [-0.15, -0.1) is 11.3 Å². The van der Waals surface area contributed by atoms with E-state index in [1.165, 1.54) is 11.3 Å². The molecule has 1 amide bonds. The third-order valence-corrected chi connectivity index (χ3v) is 4.34. The molecule has 2 rings (SSSR count). The minimum Gasteiger partial charge on any atom is -0.495 e. The second kappa shape index (κ2) is 5.71. The van der Waals surface area contributed by atoms with Crippen LogP contribution in [-0.2, 0) is 0 Å². The molecule has 5 heteroatoms. The second-order valence-corrected chi connectivity index (χ2v) is 5.66. The van der Waals surface area contributed by atoms with Crippen LogP contribution in [0.25, 0.3) is 0 Å². The van der Waals surface area contributed by atoms with Crippen LogP contribution < -0.4 is 10.5 Å². The molecule has 0 spiro atoms. The SMILES string of the molecule is COc1ccsc1C(=O)N1CCCC[C@@H]1[C@H](C)N. The lowest BCUT2D eigenvalue weighted by Gasteiger charge is -2.37. The van der Waals surface area contributed by atoms with Crippen molar-refractivity contribution in [3.05, 3.63) is 16.3 Å². The van der Waals surface area contributed by atoms with Crippen LogP contribution in [0.4, 0.5) is 0 Å². The Morgan fingerprint density at radius 2 is 2.39 bits per heavy atom. The monoisotopic (exact) mass is 268 g/mol. The first kappa shape index (κ1) is 13.4. The van der Waals surface area contributed by atoms with Gasteiger partial charge in [0.25, 0.3) is 5.91 Å². The highest BCUT2D eigenvalue weighted by molar-refractivity contribution is 7.12. The lowest BCUT2D eigenvalue weighted by Crippen LogP contribution is -2.51. The van der Waals surface area contributed by atoms with E-state index in [0.717, 1.165) is 25.8 Å². The zero-order valence-corrected chi connectivity index (χ0v) is 11.7. The summed E-state index contributed by atoms with van der Waals surface area (Å²) in [5, 5.41) is 1.89. The van der Waals surface area contributed by atoms with Gasteiger partial charge in [-0.25, -0.2) is 0 Å². The average Bonchev–Trinajstić information content (AvgIpc) is 2.86. The molecule has 2 atom stereocenters. The predicted octanol–water partition coefficient (Wildman–Crippen LogP) is 2.10. The van der Waals surface area contributed by atoms with E-state index >= 15 is 0 Å². The Labute approximate surface area is 112 Å². The number of carbonyl (C=O) groups is 1. The zero-order chi connectivity index (χ0) is 13.1. The van der Waals surface area contributed by atoms with Crippen LogP contribution in [0.15, 0.2) is 11.4 Å². The van der Waals surface area contributed by atoms with Crippen molar-refractivity contribution in [1.82, 2.24) is 4.90 Å². The first-order chi connectivity index (χ1) is 8.65. The molecular formula is C13H20N2O2S. The van der Waals surface area contributed by atoms with Crippen molar-refractivity contribution in [3.63, 3.8) is 0 Å². The summed E-state index contributed by atoms with van der Waals surface area (Å²) in [5.74, 6) is 0.725. The van der Waals surface area contributed by atoms with E-state index in [-0.39, 0.29) is 18.0 Å². The van der Waals surface area contributed by atoms with Crippen molar-refractivity contribution in [2.24, 2.45) is 5.73 Å². The highest BCUT2D eigenvalue weighted by atomic mass is 32.1. The minimum atomic E-state index is 0.0141. The third-order valence-electron chi connectivity index (χ3n) is 3.46. The third kappa shape index (κ3) is 2.52. The number of rotatable bonds is 3. The van der Waals surface area contributed by atoms with Crippen molar-refractivity contribution >= 4 is 17.2 Å². The van der Waals surface area contributed by atoms with Crippen LogP contribution in [0, 0.1) is 0 Å². The summed E-state index contributed by atoms with van der Waals surface area (Å²) in [5.41, 5.74) is 6.00. The van der Waals surface area contributed by atoms with Crippen molar-refractivity contribution in [2.45, 2.75) is 38.3 Å². The number of hydrogen-bond acceptors (Lipinski definition) is 4. The molecule has 18 heavy (non-hydrogen) atoms. The molecule has 0 aromatic carbocycles. The van der Waals surface area contributed by atoms with E-state index in [2.05, 4.69) is 0 Å². The summed E-state index contributed by atoms with van der Waals surface area (Å²) in [4.78, 5) is 15.2. The summed E-state index contributed by atoms with van der Waals surface area (Å²) >= 11 is 1.43. The second-order valence-electron chi connectivity index (χ2n) is 4.74. The number of likely N-dealkylation sites (tertiary alicyclic amines) is 1. The summed E-state index contributed by atoms with van der Waals surface area (Å²) in [6, 6.07) is 2.00. The predicted molar refractivity (Wildman–Crippen MR) is 73.2 cm³/mol. The van der Waals surface area contributed by atoms with Gasteiger partial charge in [-0.3, -0.25) is 4.79 Å². The van der Waals surface area contributed by atoms with Crippen molar-refractivity contribution in [2.75, 3.05) is 13.7 Å². The van der Waals surface area contributed by atoms with Gasteiger partial charge in [0.15, 0.2) is 0 Å². The molecule has 1 aliphatic heterocycles. The van der Waals surface area contributed by atoms with Gasteiger partial charge in [0, 0.05) is 18.6 Å². The van der Waals surface area contributed by atoms with E-state index in [1.807, 2.05) is 23.3 Å². The fraction of sp³-hybridized carbons (Fsp3) is 0.615. The largest absolute Gasteiger partial charge is 0.495 e. The smallest absolute Gasteiger partial charge is 0.268 e. The maximum absolute atomic E-state index is 12.6. The Morgan fingerprint density at radius 3 is 3.06 bits per heavy atom. The molecule has 1 aromatic rings. The van der Waals surface area contributed by atoms with Crippen LogP contribution in [0.3, 0.4) is 0 Å². The number of amides is 1. The molecule has 0 unspecified atom stereocenters. The molecule has 1 saturated heterocycles. The summed E-state index contributed by atoms with van der Waals surface area (Å²) < 4.78 is 5.22. The Kier molecular flexibility index (Phi) is 4.24. The van der Waals surface area contributed by atoms with Gasteiger partial charge in [0.1, 0.15) is 10.6 Å². The maximum Gasteiger partial charge on any atom is 0.268 e. The topological polar surface area (TPSA) is 55.6 Å². The van der Waals surface area contributed by atoms with Gasteiger partial charge >= 0.3 is 0 Å². The van der Waals surface area contributed by atoms with E-state index in [4.69, 9.17) is 10.5 Å². The summed E-state index contributed by atoms with van der Waals surface area (Å²) in [6.45, 7) is 2.77. The normalized spacial score (nSPS) is 21.7. The van der Waals surface area contributed by atoms with Gasteiger partial charge in [-0.2, -0.15) is 0 Å². The molecule has 0 aliphatic carbocycles. The molecule has 0 bridgehead atoms. The standard InChI is InChI=1S/C13H20N2O2S/c1-9(14)10-5-3-4-7-15(10)13(16)12-11(17-2)6-8-18-12/h6,8-10H,3-5,7,14H2,1-2H3/t9-,10+/m0/s1.